The van der Waals surface area contributed by atoms with Crippen LogP contribution >= 0.6 is 0 Å². The monoisotopic (exact) mass is 148 g/mol. The molecule has 9 heavy (non-hydrogen) atoms. The van der Waals surface area contributed by atoms with E-state index in [-0.39, 0.29) is 18.3 Å². The van der Waals surface area contributed by atoms with Crippen LogP contribution in [0.3, 0.4) is 0 Å². The first-order valence-corrected chi connectivity index (χ1v) is 6.17. The van der Waals surface area contributed by atoms with Gasteiger partial charge >= 0.3 is 0 Å². The normalized spacial score (nSPS) is 12.7. The van der Waals surface area contributed by atoms with Crippen molar-refractivity contribution in [1.82, 2.24) is 0 Å². The van der Waals surface area contributed by atoms with Gasteiger partial charge in [-0.1, -0.05) is 20.0 Å². The van der Waals surface area contributed by atoms with Crippen LogP contribution in [0, 0.1) is 0 Å². The standard InChI is InChI=1S/C6H16O2Si/c1-6(4-7,5-8)9(2)3/h7-9H,4-5H2,1-3H3. The number of hydrogen-bond donors (Lipinski definition) is 2. The van der Waals surface area contributed by atoms with Gasteiger partial charge in [-0.3, -0.25) is 0 Å². The average molecular weight is 148 g/mol. The molecule has 2 N–H and O–H groups in total. The van der Waals surface area contributed by atoms with Crippen molar-refractivity contribution < 1.29 is 10.2 Å². The maximum Gasteiger partial charge on any atom is 0.0479 e. The molecule has 0 bridgehead atoms. The van der Waals surface area contributed by atoms with Crippen molar-refractivity contribution in [2.45, 2.75) is 25.1 Å². The minimum Gasteiger partial charge on any atom is -0.396 e. The molecule has 0 unspecified atom stereocenters. The fourth-order valence-corrected chi connectivity index (χ4v) is 1.15. The van der Waals surface area contributed by atoms with Gasteiger partial charge in [0.25, 0.3) is 0 Å². The molecule has 0 aliphatic rings. The summed E-state index contributed by atoms with van der Waals surface area (Å²) in [5.74, 6) is 0. The van der Waals surface area contributed by atoms with Crippen molar-refractivity contribution in [2.75, 3.05) is 13.2 Å². The van der Waals surface area contributed by atoms with Gasteiger partial charge in [0.15, 0.2) is 0 Å². The van der Waals surface area contributed by atoms with Gasteiger partial charge < -0.3 is 10.2 Å². The molecule has 0 aromatic heterocycles. The predicted molar refractivity (Wildman–Crippen MR) is 41.4 cm³/mol. The lowest BCUT2D eigenvalue weighted by molar-refractivity contribution is 0.169. The second kappa shape index (κ2) is 3.34. The Kier molecular flexibility index (Phi) is 3.39. The fourth-order valence-electron chi connectivity index (χ4n) is 0.415. The Morgan fingerprint density at radius 3 is 1.56 bits per heavy atom. The molecular weight excluding hydrogens is 132 g/mol. The van der Waals surface area contributed by atoms with Crippen molar-refractivity contribution in [1.29, 1.82) is 0 Å². The van der Waals surface area contributed by atoms with E-state index in [2.05, 4.69) is 13.1 Å². The van der Waals surface area contributed by atoms with Crippen LogP contribution in [0.25, 0.3) is 0 Å². The minimum absolute atomic E-state index is 0.118. The molecule has 0 atom stereocenters. The van der Waals surface area contributed by atoms with Crippen LogP contribution in [0.15, 0.2) is 0 Å². The fraction of sp³-hybridized carbons (Fsp3) is 1.00. The summed E-state index contributed by atoms with van der Waals surface area (Å²) < 4.78 is 0. The van der Waals surface area contributed by atoms with Crippen molar-refractivity contribution >= 4 is 8.80 Å². The smallest absolute Gasteiger partial charge is 0.0479 e. The Balaban J connectivity index is 3.92. The summed E-state index contributed by atoms with van der Waals surface area (Å²) in [5.41, 5.74) is 0. The van der Waals surface area contributed by atoms with Gasteiger partial charge in [-0.25, -0.2) is 0 Å². The first-order valence-electron chi connectivity index (χ1n) is 3.28. The summed E-state index contributed by atoms with van der Waals surface area (Å²) in [6, 6.07) is 0. The van der Waals surface area contributed by atoms with Crippen LogP contribution in [-0.4, -0.2) is 32.2 Å². The van der Waals surface area contributed by atoms with E-state index in [9.17, 15) is 0 Å². The molecule has 0 aliphatic heterocycles. The van der Waals surface area contributed by atoms with Crippen molar-refractivity contribution in [3.8, 4) is 0 Å². The summed E-state index contributed by atoms with van der Waals surface area (Å²) in [5, 5.41) is 17.5. The summed E-state index contributed by atoms with van der Waals surface area (Å²) in [4.78, 5) is 0. The zero-order valence-corrected chi connectivity index (χ0v) is 7.54. The minimum atomic E-state index is -0.900. The maximum absolute atomic E-state index is 8.83. The molecular formula is C6H16O2Si. The zero-order valence-electron chi connectivity index (χ0n) is 6.39. The topological polar surface area (TPSA) is 40.5 Å². The van der Waals surface area contributed by atoms with Crippen LogP contribution in [0.2, 0.25) is 18.1 Å². The van der Waals surface area contributed by atoms with E-state index in [0.717, 1.165) is 0 Å². The van der Waals surface area contributed by atoms with Crippen molar-refractivity contribution in [3.63, 3.8) is 0 Å². The quantitative estimate of drug-likeness (QED) is 0.562. The Morgan fingerprint density at radius 2 is 1.56 bits per heavy atom. The highest BCUT2D eigenvalue weighted by atomic mass is 28.3. The van der Waals surface area contributed by atoms with Crippen LogP contribution in [-0.2, 0) is 0 Å². The molecule has 0 aromatic carbocycles. The Hall–Kier alpha value is 0.137. The molecule has 0 rings (SSSR count). The van der Waals surface area contributed by atoms with Crippen molar-refractivity contribution in [2.24, 2.45) is 0 Å². The summed E-state index contributed by atoms with van der Waals surface area (Å²) in [6.07, 6.45) is 0. The summed E-state index contributed by atoms with van der Waals surface area (Å²) >= 11 is 0. The summed E-state index contributed by atoms with van der Waals surface area (Å²) in [7, 11) is -0.900. The summed E-state index contributed by atoms with van der Waals surface area (Å²) in [6.45, 7) is 6.43. The van der Waals surface area contributed by atoms with E-state index in [0.29, 0.717) is 0 Å². The Morgan fingerprint density at radius 1 is 1.22 bits per heavy atom. The van der Waals surface area contributed by atoms with Gasteiger partial charge in [0, 0.05) is 27.0 Å². The highest BCUT2D eigenvalue weighted by Crippen LogP contribution is 2.26. The highest BCUT2D eigenvalue weighted by Gasteiger charge is 2.26. The molecule has 0 spiro atoms. The largest absolute Gasteiger partial charge is 0.396 e. The van der Waals surface area contributed by atoms with E-state index in [1.807, 2.05) is 6.92 Å². The second-order valence-electron chi connectivity index (χ2n) is 3.12. The van der Waals surface area contributed by atoms with Gasteiger partial charge in [-0.05, 0) is 0 Å². The third-order valence-corrected chi connectivity index (χ3v) is 5.27. The molecule has 0 aromatic rings. The van der Waals surface area contributed by atoms with Gasteiger partial charge in [-0.2, -0.15) is 0 Å². The van der Waals surface area contributed by atoms with E-state index in [4.69, 9.17) is 10.2 Å². The molecule has 0 fully saturated rings. The van der Waals surface area contributed by atoms with Crippen LogP contribution < -0.4 is 0 Å². The van der Waals surface area contributed by atoms with E-state index < -0.39 is 8.80 Å². The molecule has 0 heterocycles. The number of aliphatic hydroxyl groups excluding tert-OH is 2. The molecule has 3 heteroatoms. The average Bonchev–Trinajstić information content (AvgIpc) is 1.86. The molecule has 56 valence electrons. The van der Waals surface area contributed by atoms with Gasteiger partial charge in [0.1, 0.15) is 0 Å². The predicted octanol–water partition coefficient (Wildman–Crippen LogP) is 0.218. The lowest BCUT2D eigenvalue weighted by atomic mass is 10.2. The molecule has 0 amide bonds. The SMILES string of the molecule is C[SiH](C)C(C)(CO)CO. The van der Waals surface area contributed by atoms with Crippen LogP contribution in [0.1, 0.15) is 6.92 Å². The van der Waals surface area contributed by atoms with Gasteiger partial charge in [0.2, 0.25) is 0 Å². The lowest BCUT2D eigenvalue weighted by Crippen LogP contribution is -2.31. The first-order chi connectivity index (χ1) is 4.06. The highest BCUT2D eigenvalue weighted by molar-refractivity contribution is 6.59. The molecule has 0 radical (unpaired) electrons. The lowest BCUT2D eigenvalue weighted by Gasteiger charge is -2.27. The number of rotatable bonds is 3. The van der Waals surface area contributed by atoms with Crippen LogP contribution in [0.5, 0.6) is 0 Å². The number of hydrogen-bond acceptors (Lipinski definition) is 2. The van der Waals surface area contributed by atoms with Gasteiger partial charge in [-0.15, -0.1) is 0 Å². The second-order valence-corrected chi connectivity index (χ2v) is 6.83. The van der Waals surface area contributed by atoms with Crippen molar-refractivity contribution in [3.05, 3.63) is 0 Å². The molecule has 2 nitrogen and oxygen atoms in total. The van der Waals surface area contributed by atoms with E-state index >= 15 is 0 Å². The third kappa shape index (κ3) is 2.08. The first kappa shape index (κ1) is 9.14. The van der Waals surface area contributed by atoms with Gasteiger partial charge in [0.05, 0.1) is 0 Å². The van der Waals surface area contributed by atoms with Crippen LogP contribution in [0.4, 0.5) is 0 Å². The molecule has 0 saturated heterocycles. The number of aliphatic hydroxyl groups is 2. The zero-order chi connectivity index (χ0) is 7.49. The van der Waals surface area contributed by atoms with E-state index in [1.54, 1.807) is 0 Å². The maximum atomic E-state index is 8.83. The molecule has 0 saturated carbocycles. The molecule has 0 aliphatic carbocycles. The Labute approximate surface area is 58.1 Å². The third-order valence-electron chi connectivity index (χ3n) is 2.12. The Bertz CT molecular complexity index is 79.1. The van der Waals surface area contributed by atoms with E-state index in [1.165, 1.54) is 0 Å².